The molecule has 0 unspecified atom stereocenters. The van der Waals surface area contributed by atoms with E-state index < -0.39 is 25.9 Å². The van der Waals surface area contributed by atoms with Gasteiger partial charge in [0.1, 0.15) is 0 Å². The molecule has 0 fully saturated rings. The van der Waals surface area contributed by atoms with E-state index in [0.717, 1.165) is 12.1 Å². The van der Waals surface area contributed by atoms with Crippen molar-refractivity contribution in [3.05, 3.63) is 23.0 Å². The van der Waals surface area contributed by atoms with Gasteiger partial charge in [0, 0.05) is 16.2 Å². The van der Waals surface area contributed by atoms with E-state index in [-0.39, 0.29) is 16.3 Å². The molecule has 9 heteroatoms. The first kappa shape index (κ1) is 12.5. The van der Waals surface area contributed by atoms with Crippen molar-refractivity contribution >= 4 is 42.4 Å². The number of fused-ring (bicyclic) bond motifs is 1. The van der Waals surface area contributed by atoms with Gasteiger partial charge in [0.15, 0.2) is 0 Å². The van der Waals surface area contributed by atoms with Gasteiger partial charge in [-0.25, -0.2) is 22.2 Å². The standard InChI is InChI=1S/C8H4Cl2F2N2O2S/c9-8-13-4-1-3(7(11)12)6(17(10,15)16)2-5(4)14-8/h1-2,7H,(H,13,14). The van der Waals surface area contributed by atoms with Crippen LogP contribution < -0.4 is 0 Å². The number of nitrogens with zero attached hydrogens (tertiary/aromatic N) is 1. The number of hydrogen-bond donors (Lipinski definition) is 1. The number of aromatic nitrogens is 2. The maximum atomic E-state index is 12.7. The molecule has 0 amide bonds. The minimum absolute atomic E-state index is 0.0238. The SMILES string of the molecule is O=S(=O)(Cl)c1cc2nc(Cl)[nH]c2cc1C(F)F. The maximum absolute atomic E-state index is 12.7. The summed E-state index contributed by atoms with van der Waals surface area (Å²) in [6, 6.07) is 1.93. The van der Waals surface area contributed by atoms with Crippen molar-refractivity contribution in [3.63, 3.8) is 0 Å². The van der Waals surface area contributed by atoms with Gasteiger partial charge < -0.3 is 4.98 Å². The number of alkyl halides is 2. The van der Waals surface area contributed by atoms with Crippen molar-refractivity contribution in [2.45, 2.75) is 11.3 Å². The van der Waals surface area contributed by atoms with Crippen LogP contribution in [0.25, 0.3) is 11.0 Å². The average Bonchev–Trinajstić information content (AvgIpc) is 2.53. The Bertz CT molecular complexity index is 684. The molecular weight excluding hydrogens is 297 g/mol. The van der Waals surface area contributed by atoms with Gasteiger partial charge in [-0.3, -0.25) is 0 Å². The second-order valence-corrected chi connectivity index (χ2v) is 6.07. The highest BCUT2D eigenvalue weighted by atomic mass is 35.7. The molecule has 0 saturated carbocycles. The highest BCUT2D eigenvalue weighted by Gasteiger charge is 2.23. The molecule has 0 spiro atoms. The molecule has 0 saturated heterocycles. The Kier molecular flexibility index (Phi) is 3.01. The number of nitrogens with one attached hydrogen (secondary N) is 1. The number of benzene rings is 1. The van der Waals surface area contributed by atoms with Gasteiger partial charge >= 0.3 is 0 Å². The summed E-state index contributed by atoms with van der Waals surface area (Å²) < 4.78 is 47.7. The second-order valence-electron chi connectivity index (χ2n) is 3.17. The fraction of sp³-hybridized carbons (Fsp3) is 0.125. The predicted octanol–water partition coefficient (Wildman–Crippen LogP) is 3.08. The Morgan fingerprint density at radius 1 is 1.35 bits per heavy atom. The van der Waals surface area contributed by atoms with E-state index in [1.54, 1.807) is 0 Å². The molecule has 4 nitrogen and oxygen atoms in total. The van der Waals surface area contributed by atoms with Gasteiger partial charge in [-0.2, -0.15) is 0 Å². The summed E-state index contributed by atoms with van der Waals surface area (Å²) in [5.41, 5.74) is -0.319. The van der Waals surface area contributed by atoms with Crippen molar-refractivity contribution in [1.29, 1.82) is 0 Å². The van der Waals surface area contributed by atoms with Crippen LogP contribution in [0.3, 0.4) is 0 Å². The fourth-order valence-electron chi connectivity index (χ4n) is 1.40. The Labute approximate surface area is 104 Å². The van der Waals surface area contributed by atoms with Crippen LogP contribution in [0.1, 0.15) is 12.0 Å². The van der Waals surface area contributed by atoms with Crippen LogP contribution in [0.4, 0.5) is 8.78 Å². The largest absolute Gasteiger partial charge is 0.329 e. The fourth-order valence-corrected chi connectivity index (χ4v) is 2.68. The van der Waals surface area contributed by atoms with Crippen molar-refractivity contribution in [2.24, 2.45) is 0 Å². The first-order valence-electron chi connectivity index (χ1n) is 4.21. The third-order valence-electron chi connectivity index (χ3n) is 2.08. The third-order valence-corrected chi connectivity index (χ3v) is 3.64. The molecule has 0 radical (unpaired) electrons. The van der Waals surface area contributed by atoms with E-state index in [1.165, 1.54) is 0 Å². The zero-order valence-corrected chi connectivity index (χ0v) is 10.2. The Morgan fingerprint density at radius 3 is 2.53 bits per heavy atom. The zero-order chi connectivity index (χ0) is 12.8. The zero-order valence-electron chi connectivity index (χ0n) is 7.92. The highest BCUT2D eigenvalue weighted by Crippen LogP contribution is 2.32. The first-order chi connectivity index (χ1) is 7.79. The van der Waals surface area contributed by atoms with Crippen molar-refractivity contribution < 1.29 is 17.2 Å². The summed E-state index contributed by atoms with van der Waals surface area (Å²) in [4.78, 5) is 5.58. The number of halogens is 4. The number of aromatic amines is 1. The van der Waals surface area contributed by atoms with Crippen LogP contribution in [0.2, 0.25) is 5.28 Å². The maximum Gasteiger partial charge on any atom is 0.265 e. The molecule has 17 heavy (non-hydrogen) atoms. The topological polar surface area (TPSA) is 62.8 Å². The molecular formula is C8H4Cl2F2N2O2S. The molecule has 1 N–H and O–H groups in total. The van der Waals surface area contributed by atoms with Crippen molar-refractivity contribution in [1.82, 2.24) is 9.97 Å². The van der Waals surface area contributed by atoms with Crippen LogP contribution in [-0.2, 0) is 9.05 Å². The Balaban J connectivity index is 2.84. The summed E-state index contributed by atoms with van der Waals surface area (Å²) in [6.07, 6.45) is -2.97. The number of H-pyrrole nitrogens is 1. The lowest BCUT2D eigenvalue weighted by Gasteiger charge is -2.05. The summed E-state index contributed by atoms with van der Waals surface area (Å²) in [7, 11) is 0.817. The monoisotopic (exact) mass is 300 g/mol. The van der Waals surface area contributed by atoms with Crippen LogP contribution >= 0.6 is 22.3 Å². The molecule has 0 aliphatic heterocycles. The highest BCUT2D eigenvalue weighted by molar-refractivity contribution is 8.13. The van der Waals surface area contributed by atoms with E-state index in [4.69, 9.17) is 22.3 Å². The van der Waals surface area contributed by atoms with Gasteiger partial charge in [-0.05, 0) is 23.7 Å². The van der Waals surface area contributed by atoms with Crippen LogP contribution in [0, 0.1) is 0 Å². The molecule has 0 aliphatic carbocycles. The smallest absolute Gasteiger partial charge is 0.265 e. The van der Waals surface area contributed by atoms with Gasteiger partial charge in [-0.15, -0.1) is 0 Å². The van der Waals surface area contributed by atoms with E-state index in [9.17, 15) is 17.2 Å². The van der Waals surface area contributed by atoms with Crippen molar-refractivity contribution in [2.75, 3.05) is 0 Å². The lowest BCUT2D eigenvalue weighted by Crippen LogP contribution is -1.98. The molecule has 0 atom stereocenters. The second kappa shape index (κ2) is 4.08. The van der Waals surface area contributed by atoms with Gasteiger partial charge in [0.05, 0.1) is 15.9 Å². The lowest BCUT2D eigenvalue weighted by molar-refractivity contribution is 0.148. The summed E-state index contributed by atoms with van der Waals surface area (Å²) in [6.45, 7) is 0. The normalized spacial score (nSPS) is 12.5. The van der Waals surface area contributed by atoms with Crippen LogP contribution in [-0.4, -0.2) is 18.4 Å². The molecule has 1 aromatic heterocycles. The summed E-state index contributed by atoms with van der Waals surface area (Å²) >= 11 is 5.55. The molecule has 2 aromatic rings. The molecule has 0 aliphatic rings. The Hall–Kier alpha value is -0.920. The molecule has 0 bridgehead atoms. The molecule has 1 heterocycles. The van der Waals surface area contributed by atoms with E-state index in [2.05, 4.69) is 9.97 Å². The first-order valence-corrected chi connectivity index (χ1v) is 6.90. The van der Waals surface area contributed by atoms with Gasteiger partial charge in [0.2, 0.25) is 5.28 Å². The number of imidazole rings is 1. The van der Waals surface area contributed by atoms with Gasteiger partial charge in [-0.1, -0.05) is 0 Å². The Morgan fingerprint density at radius 2 is 2.00 bits per heavy atom. The quantitative estimate of drug-likeness (QED) is 0.867. The third kappa shape index (κ3) is 2.36. The van der Waals surface area contributed by atoms with Crippen LogP contribution in [0.15, 0.2) is 17.0 Å². The number of rotatable bonds is 2. The molecule has 92 valence electrons. The minimum atomic E-state index is -4.27. The minimum Gasteiger partial charge on any atom is -0.329 e. The van der Waals surface area contributed by atoms with Crippen molar-refractivity contribution in [3.8, 4) is 0 Å². The van der Waals surface area contributed by atoms with Gasteiger partial charge in [0.25, 0.3) is 15.5 Å². The lowest BCUT2D eigenvalue weighted by atomic mass is 10.2. The average molecular weight is 301 g/mol. The van der Waals surface area contributed by atoms with E-state index in [1.807, 2.05) is 0 Å². The van der Waals surface area contributed by atoms with E-state index >= 15 is 0 Å². The summed E-state index contributed by atoms with van der Waals surface area (Å²) in [5.74, 6) is 0. The van der Waals surface area contributed by atoms with Crippen LogP contribution in [0.5, 0.6) is 0 Å². The molecule has 1 aromatic carbocycles. The van der Waals surface area contributed by atoms with E-state index in [0.29, 0.717) is 0 Å². The number of hydrogen-bond acceptors (Lipinski definition) is 3. The molecule has 2 rings (SSSR count). The summed E-state index contributed by atoms with van der Waals surface area (Å²) in [5, 5.41) is -0.0238. The predicted molar refractivity (Wildman–Crippen MR) is 59.1 cm³/mol.